The molecule has 1 N–H and O–H groups in total. The van der Waals surface area contributed by atoms with Gasteiger partial charge in [0.05, 0.1) is 25.2 Å². The molecule has 0 bridgehead atoms. The number of H-pyrrole nitrogens is 1. The Balaban J connectivity index is 1.63. The lowest BCUT2D eigenvalue weighted by molar-refractivity contribution is 0.131. The molecule has 4 rings (SSSR count). The van der Waals surface area contributed by atoms with Gasteiger partial charge in [-0.1, -0.05) is 31.4 Å². The highest BCUT2D eigenvalue weighted by atomic mass is 16.5. The zero-order valence-corrected chi connectivity index (χ0v) is 18.7. The van der Waals surface area contributed by atoms with Crippen molar-refractivity contribution in [2.45, 2.75) is 71.6 Å². The minimum absolute atomic E-state index is 0.0130. The van der Waals surface area contributed by atoms with E-state index in [0.717, 1.165) is 40.7 Å². The van der Waals surface area contributed by atoms with Crippen LogP contribution in [0.25, 0.3) is 10.9 Å². The second-order valence-electron chi connectivity index (χ2n) is 8.60. The lowest BCUT2D eigenvalue weighted by Gasteiger charge is -2.33. The maximum absolute atomic E-state index is 13.0. The number of hydrogen-bond acceptors (Lipinski definition) is 6. The predicted molar refractivity (Wildman–Crippen MR) is 120 cm³/mol. The zero-order chi connectivity index (χ0) is 21.8. The van der Waals surface area contributed by atoms with Crippen molar-refractivity contribution in [1.82, 2.24) is 30.1 Å². The fourth-order valence-corrected chi connectivity index (χ4v) is 4.54. The summed E-state index contributed by atoms with van der Waals surface area (Å²) in [6.07, 6.45) is 6.02. The number of rotatable bonds is 8. The van der Waals surface area contributed by atoms with Crippen LogP contribution in [0, 0.1) is 13.8 Å². The zero-order valence-electron chi connectivity index (χ0n) is 18.7. The molecule has 166 valence electrons. The molecular weight excluding hydrogens is 392 g/mol. The smallest absolute Gasteiger partial charge is 0.252 e. The van der Waals surface area contributed by atoms with Crippen molar-refractivity contribution in [3.8, 4) is 0 Å². The molecule has 1 aliphatic rings. The highest BCUT2D eigenvalue weighted by molar-refractivity contribution is 5.83. The summed E-state index contributed by atoms with van der Waals surface area (Å²) in [5.41, 5.74) is 4.02. The van der Waals surface area contributed by atoms with E-state index in [2.05, 4.69) is 51.4 Å². The van der Waals surface area contributed by atoms with Gasteiger partial charge < -0.3 is 9.72 Å². The Bertz CT molecular complexity index is 1080. The number of nitrogens with zero attached hydrogens (tertiary/aromatic N) is 5. The average Bonchev–Trinajstić information content (AvgIpc) is 3.23. The van der Waals surface area contributed by atoms with Gasteiger partial charge in [0.1, 0.15) is 0 Å². The van der Waals surface area contributed by atoms with Crippen molar-refractivity contribution in [2.24, 2.45) is 0 Å². The van der Waals surface area contributed by atoms with Crippen LogP contribution < -0.4 is 5.56 Å². The van der Waals surface area contributed by atoms with E-state index in [4.69, 9.17) is 4.74 Å². The van der Waals surface area contributed by atoms with Gasteiger partial charge in [-0.2, -0.15) is 0 Å². The van der Waals surface area contributed by atoms with E-state index in [1.54, 1.807) is 11.8 Å². The number of aromatic nitrogens is 5. The van der Waals surface area contributed by atoms with Gasteiger partial charge in [0.2, 0.25) is 0 Å². The monoisotopic (exact) mass is 424 g/mol. The summed E-state index contributed by atoms with van der Waals surface area (Å²) in [6.45, 7) is 6.50. The third kappa shape index (κ3) is 4.85. The number of ether oxygens (including phenoxy) is 1. The first-order valence-corrected chi connectivity index (χ1v) is 11.2. The molecule has 0 amide bonds. The Morgan fingerprint density at radius 2 is 2.00 bits per heavy atom. The summed E-state index contributed by atoms with van der Waals surface area (Å²) < 4.78 is 6.99. The van der Waals surface area contributed by atoms with Crippen molar-refractivity contribution in [1.29, 1.82) is 0 Å². The quantitative estimate of drug-likeness (QED) is 0.598. The van der Waals surface area contributed by atoms with E-state index in [1.165, 1.54) is 24.8 Å². The van der Waals surface area contributed by atoms with Crippen LogP contribution >= 0.6 is 0 Å². The van der Waals surface area contributed by atoms with Gasteiger partial charge in [-0.05, 0) is 59.7 Å². The van der Waals surface area contributed by atoms with Crippen molar-refractivity contribution in [2.75, 3.05) is 13.7 Å². The van der Waals surface area contributed by atoms with E-state index < -0.39 is 0 Å². The van der Waals surface area contributed by atoms with E-state index >= 15 is 0 Å². The van der Waals surface area contributed by atoms with Crippen LogP contribution in [0.1, 0.15) is 54.6 Å². The fourth-order valence-electron chi connectivity index (χ4n) is 4.54. The van der Waals surface area contributed by atoms with Crippen LogP contribution in [0.4, 0.5) is 0 Å². The maximum Gasteiger partial charge on any atom is 0.252 e. The molecule has 0 unspecified atom stereocenters. The third-order valence-electron chi connectivity index (χ3n) is 6.55. The molecule has 1 aromatic carbocycles. The molecular formula is C23H32N6O2. The summed E-state index contributed by atoms with van der Waals surface area (Å²) in [5, 5.41) is 13.3. The maximum atomic E-state index is 13.0. The third-order valence-corrected chi connectivity index (χ3v) is 6.55. The molecule has 1 fully saturated rings. The van der Waals surface area contributed by atoms with Crippen LogP contribution in [0.2, 0.25) is 0 Å². The van der Waals surface area contributed by atoms with Gasteiger partial charge in [-0.3, -0.25) is 9.69 Å². The lowest BCUT2D eigenvalue weighted by atomic mass is 9.93. The number of pyridine rings is 1. The van der Waals surface area contributed by atoms with Crippen LogP contribution in [-0.4, -0.2) is 49.8 Å². The molecule has 0 radical (unpaired) electrons. The van der Waals surface area contributed by atoms with Crippen molar-refractivity contribution in [3.63, 3.8) is 0 Å². The van der Waals surface area contributed by atoms with E-state index in [-0.39, 0.29) is 5.56 Å². The molecule has 0 spiro atoms. The molecule has 3 aromatic rings. The Hall–Kier alpha value is -2.58. The Morgan fingerprint density at radius 1 is 1.19 bits per heavy atom. The SMILES string of the molecule is COCCn1nnnc1CN(Cc1cc2ccc(C)c(C)c2[nH]c1=O)C1CCCCC1. The predicted octanol–water partition coefficient (Wildman–Crippen LogP) is 3.11. The van der Waals surface area contributed by atoms with Gasteiger partial charge in [0, 0.05) is 25.3 Å². The number of hydrogen-bond donors (Lipinski definition) is 1. The summed E-state index contributed by atoms with van der Waals surface area (Å²) in [4.78, 5) is 18.5. The number of benzene rings is 1. The fraction of sp³-hybridized carbons (Fsp3) is 0.565. The number of fused-ring (bicyclic) bond motifs is 1. The molecule has 2 heterocycles. The van der Waals surface area contributed by atoms with Crippen molar-refractivity contribution >= 4 is 10.9 Å². The van der Waals surface area contributed by atoms with Crippen LogP contribution in [-0.2, 0) is 24.4 Å². The van der Waals surface area contributed by atoms with Gasteiger partial charge >= 0.3 is 0 Å². The highest BCUT2D eigenvalue weighted by Gasteiger charge is 2.24. The average molecular weight is 425 g/mol. The first-order chi connectivity index (χ1) is 15.1. The second-order valence-corrected chi connectivity index (χ2v) is 8.60. The van der Waals surface area contributed by atoms with Gasteiger partial charge in [-0.25, -0.2) is 4.68 Å². The number of aryl methyl sites for hydroxylation is 2. The Labute approximate surface area is 182 Å². The Morgan fingerprint density at radius 3 is 2.77 bits per heavy atom. The molecule has 8 nitrogen and oxygen atoms in total. The summed E-state index contributed by atoms with van der Waals surface area (Å²) in [6, 6.07) is 6.68. The second kappa shape index (κ2) is 9.70. The van der Waals surface area contributed by atoms with E-state index in [9.17, 15) is 4.79 Å². The van der Waals surface area contributed by atoms with Crippen LogP contribution in [0.5, 0.6) is 0 Å². The topological polar surface area (TPSA) is 88.9 Å². The van der Waals surface area contributed by atoms with Crippen LogP contribution in [0.15, 0.2) is 23.0 Å². The Kier molecular flexibility index (Phi) is 6.77. The number of methoxy groups -OCH3 is 1. The minimum Gasteiger partial charge on any atom is -0.383 e. The summed E-state index contributed by atoms with van der Waals surface area (Å²) in [7, 11) is 1.67. The molecule has 8 heteroatoms. The van der Waals surface area contributed by atoms with E-state index in [1.807, 2.05) is 6.07 Å². The molecule has 2 aromatic heterocycles. The lowest BCUT2D eigenvalue weighted by Crippen LogP contribution is -2.38. The summed E-state index contributed by atoms with van der Waals surface area (Å²) in [5.74, 6) is 0.811. The van der Waals surface area contributed by atoms with Gasteiger partial charge in [0.15, 0.2) is 5.82 Å². The standard InChI is InChI=1S/C23H32N6O2/c1-16-9-10-18-13-19(23(30)24-22(18)17(16)2)14-28(20-7-5-4-6-8-20)15-21-25-26-27-29(21)11-12-31-3/h9-10,13,20H,4-8,11-12,14-15H2,1-3H3,(H,24,30). The largest absolute Gasteiger partial charge is 0.383 e. The highest BCUT2D eigenvalue weighted by Crippen LogP contribution is 2.26. The number of tetrazole rings is 1. The van der Waals surface area contributed by atoms with Crippen molar-refractivity contribution < 1.29 is 4.74 Å². The molecule has 1 saturated carbocycles. The molecule has 0 aliphatic heterocycles. The van der Waals surface area contributed by atoms with Crippen LogP contribution in [0.3, 0.4) is 0 Å². The number of nitrogens with one attached hydrogen (secondary N) is 1. The number of aromatic amines is 1. The minimum atomic E-state index is -0.0130. The summed E-state index contributed by atoms with van der Waals surface area (Å²) >= 11 is 0. The molecule has 0 atom stereocenters. The first kappa shape index (κ1) is 21.6. The normalized spacial score (nSPS) is 15.2. The molecule has 0 saturated heterocycles. The van der Waals surface area contributed by atoms with E-state index in [0.29, 0.717) is 32.3 Å². The molecule has 1 aliphatic carbocycles. The van der Waals surface area contributed by atoms with Gasteiger partial charge in [-0.15, -0.1) is 5.10 Å². The van der Waals surface area contributed by atoms with Gasteiger partial charge in [0.25, 0.3) is 5.56 Å². The van der Waals surface area contributed by atoms with Crippen molar-refractivity contribution in [3.05, 3.63) is 51.1 Å². The first-order valence-electron chi connectivity index (χ1n) is 11.2. The molecule has 31 heavy (non-hydrogen) atoms.